The van der Waals surface area contributed by atoms with Crippen LogP contribution in [0.1, 0.15) is 104 Å². The molecule has 0 radical (unpaired) electrons. The second kappa shape index (κ2) is 18.8. The normalized spacial score (nSPS) is 18.4. The quantitative estimate of drug-likeness (QED) is 0.306. The minimum Gasteiger partial charge on any atom is -0.392 e. The van der Waals surface area contributed by atoms with Gasteiger partial charge in [0.05, 0.1) is 12.6 Å². The summed E-state index contributed by atoms with van der Waals surface area (Å²) in [4.78, 5) is 18.6. The van der Waals surface area contributed by atoms with Crippen LogP contribution in [-0.2, 0) is 4.79 Å². The summed E-state index contributed by atoms with van der Waals surface area (Å²) in [6.07, 6.45) is 19.3. The number of nitrogens with zero attached hydrogens (tertiary/aromatic N) is 2. The number of aliphatic hydroxyl groups is 1. The van der Waals surface area contributed by atoms with Crippen LogP contribution in [0.5, 0.6) is 0 Å². The van der Waals surface area contributed by atoms with Gasteiger partial charge in [-0.2, -0.15) is 0 Å². The van der Waals surface area contributed by atoms with Crippen molar-refractivity contribution in [2.45, 2.75) is 110 Å². The van der Waals surface area contributed by atoms with Gasteiger partial charge in [0.1, 0.15) is 0 Å². The van der Waals surface area contributed by atoms with Crippen LogP contribution in [0.2, 0.25) is 0 Å². The van der Waals surface area contributed by atoms with Crippen molar-refractivity contribution in [1.82, 2.24) is 10.2 Å². The van der Waals surface area contributed by atoms with Crippen LogP contribution in [-0.4, -0.2) is 61.0 Å². The zero-order valence-electron chi connectivity index (χ0n) is 19.9. The van der Waals surface area contributed by atoms with E-state index in [1.165, 1.54) is 70.6 Å². The first-order valence-electron chi connectivity index (χ1n) is 12.8. The number of aliphatic hydroxyl groups excluding tert-OH is 1. The standard InChI is InChI=1S/C25H49N3O2/c1-3-4-5-6-7-8-9-10-11-12-13-14-15-24(29)22-27-19-21-28-20-18-26-17-16-23(2)25(28)30/h17,23-24,27,29H,3-16,18-22H2,1-2H3. The summed E-state index contributed by atoms with van der Waals surface area (Å²) in [7, 11) is 0. The maximum absolute atomic E-state index is 12.4. The largest absolute Gasteiger partial charge is 0.392 e. The second-order valence-corrected chi connectivity index (χ2v) is 9.09. The monoisotopic (exact) mass is 423 g/mol. The molecule has 2 unspecified atom stereocenters. The summed E-state index contributed by atoms with van der Waals surface area (Å²) in [5.74, 6) is 0.241. The van der Waals surface area contributed by atoms with Gasteiger partial charge in [-0.3, -0.25) is 9.79 Å². The van der Waals surface area contributed by atoms with E-state index in [4.69, 9.17) is 0 Å². The lowest BCUT2D eigenvalue weighted by Crippen LogP contribution is -2.43. The second-order valence-electron chi connectivity index (χ2n) is 9.09. The highest BCUT2D eigenvalue weighted by atomic mass is 16.3. The highest BCUT2D eigenvalue weighted by Gasteiger charge is 2.20. The SMILES string of the molecule is CCCCCCCCCCCCCCC(O)CNCCN1CCN=CCC(C)C1=O. The third-order valence-electron chi connectivity index (χ3n) is 6.15. The Morgan fingerprint density at radius 3 is 2.30 bits per heavy atom. The number of aliphatic imine (C=N–C) groups is 1. The van der Waals surface area contributed by atoms with E-state index in [1.54, 1.807) is 0 Å². The van der Waals surface area contributed by atoms with Gasteiger partial charge in [-0.1, -0.05) is 90.9 Å². The number of amides is 1. The predicted molar refractivity (Wildman–Crippen MR) is 128 cm³/mol. The molecular formula is C25H49N3O2. The van der Waals surface area contributed by atoms with E-state index in [0.29, 0.717) is 26.2 Å². The van der Waals surface area contributed by atoms with Crippen molar-refractivity contribution in [3.05, 3.63) is 0 Å². The molecule has 5 heteroatoms. The summed E-state index contributed by atoms with van der Waals surface area (Å²) in [5.41, 5.74) is 0. The van der Waals surface area contributed by atoms with Crippen LogP contribution in [0.4, 0.5) is 0 Å². The topological polar surface area (TPSA) is 64.9 Å². The Morgan fingerprint density at radius 1 is 1.07 bits per heavy atom. The van der Waals surface area contributed by atoms with E-state index in [-0.39, 0.29) is 17.9 Å². The van der Waals surface area contributed by atoms with Crippen molar-refractivity contribution in [3.63, 3.8) is 0 Å². The zero-order valence-corrected chi connectivity index (χ0v) is 19.9. The van der Waals surface area contributed by atoms with E-state index < -0.39 is 0 Å². The Labute approximate surface area is 186 Å². The number of hydrogen-bond donors (Lipinski definition) is 2. The van der Waals surface area contributed by atoms with Gasteiger partial charge in [-0.05, 0) is 19.1 Å². The van der Waals surface area contributed by atoms with Crippen LogP contribution >= 0.6 is 0 Å². The number of carbonyl (C=O) groups excluding carboxylic acids is 1. The molecule has 0 saturated heterocycles. The van der Waals surface area contributed by atoms with Crippen LogP contribution in [0.25, 0.3) is 0 Å². The first-order valence-corrected chi connectivity index (χ1v) is 12.8. The van der Waals surface area contributed by atoms with Crippen molar-refractivity contribution in [2.75, 3.05) is 32.7 Å². The van der Waals surface area contributed by atoms with Crippen LogP contribution < -0.4 is 5.32 Å². The molecule has 0 aromatic heterocycles. The van der Waals surface area contributed by atoms with E-state index in [2.05, 4.69) is 17.2 Å². The fourth-order valence-corrected chi connectivity index (χ4v) is 4.05. The average Bonchev–Trinajstić information content (AvgIpc) is 2.74. The average molecular weight is 424 g/mol. The van der Waals surface area contributed by atoms with Gasteiger partial charge in [-0.25, -0.2) is 0 Å². The lowest BCUT2D eigenvalue weighted by Gasteiger charge is -2.26. The first kappa shape index (κ1) is 27.1. The van der Waals surface area contributed by atoms with Crippen LogP contribution in [0.3, 0.4) is 0 Å². The van der Waals surface area contributed by atoms with Gasteiger partial charge in [-0.15, -0.1) is 0 Å². The first-order chi connectivity index (χ1) is 14.6. The summed E-state index contributed by atoms with van der Waals surface area (Å²) >= 11 is 0. The Balaban J connectivity index is 1.91. The Morgan fingerprint density at radius 2 is 1.67 bits per heavy atom. The minimum absolute atomic E-state index is 0.0189. The fraction of sp³-hybridized carbons (Fsp3) is 0.920. The smallest absolute Gasteiger partial charge is 0.225 e. The summed E-state index contributed by atoms with van der Waals surface area (Å²) in [5, 5.41) is 13.5. The number of rotatable bonds is 18. The molecule has 30 heavy (non-hydrogen) atoms. The molecule has 2 N–H and O–H groups in total. The molecule has 1 aliphatic heterocycles. The van der Waals surface area contributed by atoms with Crippen molar-refractivity contribution >= 4 is 12.1 Å². The third kappa shape index (κ3) is 14.1. The summed E-state index contributed by atoms with van der Waals surface area (Å²) in [6.45, 7) is 7.68. The maximum Gasteiger partial charge on any atom is 0.225 e. The number of carbonyl (C=O) groups is 1. The van der Waals surface area contributed by atoms with Gasteiger partial charge in [0.25, 0.3) is 0 Å². The van der Waals surface area contributed by atoms with E-state index >= 15 is 0 Å². The molecule has 1 aliphatic rings. The lowest BCUT2D eigenvalue weighted by atomic mass is 10.0. The fourth-order valence-electron chi connectivity index (χ4n) is 4.05. The summed E-state index contributed by atoms with van der Waals surface area (Å²) in [6, 6.07) is 0. The van der Waals surface area contributed by atoms with Gasteiger partial charge >= 0.3 is 0 Å². The summed E-state index contributed by atoms with van der Waals surface area (Å²) < 4.78 is 0. The number of unbranched alkanes of at least 4 members (excludes halogenated alkanes) is 11. The van der Waals surface area contributed by atoms with Crippen LogP contribution in [0.15, 0.2) is 4.99 Å². The molecule has 1 heterocycles. The van der Waals surface area contributed by atoms with Gasteiger partial charge in [0.2, 0.25) is 5.91 Å². The Kier molecular flexibility index (Phi) is 17.0. The molecule has 176 valence electrons. The molecule has 0 bridgehead atoms. The van der Waals surface area contributed by atoms with Crippen molar-refractivity contribution in [2.24, 2.45) is 10.9 Å². The van der Waals surface area contributed by atoms with Gasteiger partial charge in [0, 0.05) is 32.1 Å². The number of nitrogens with one attached hydrogen (secondary N) is 1. The number of hydrogen-bond acceptors (Lipinski definition) is 4. The van der Waals surface area contributed by atoms with Crippen LogP contribution in [0, 0.1) is 5.92 Å². The molecular weight excluding hydrogens is 374 g/mol. The molecule has 0 aromatic rings. The highest BCUT2D eigenvalue weighted by Crippen LogP contribution is 2.13. The predicted octanol–water partition coefficient (Wildman–Crippen LogP) is 4.97. The molecule has 0 aromatic carbocycles. The highest BCUT2D eigenvalue weighted by molar-refractivity contribution is 5.81. The van der Waals surface area contributed by atoms with E-state index in [0.717, 1.165) is 25.8 Å². The maximum atomic E-state index is 12.4. The molecule has 0 saturated carbocycles. The molecule has 5 nitrogen and oxygen atoms in total. The van der Waals surface area contributed by atoms with Crippen molar-refractivity contribution < 1.29 is 9.90 Å². The Hall–Kier alpha value is -0.940. The third-order valence-corrected chi connectivity index (χ3v) is 6.15. The molecule has 1 rings (SSSR count). The van der Waals surface area contributed by atoms with E-state index in [1.807, 2.05) is 18.0 Å². The molecule has 1 amide bonds. The lowest BCUT2D eigenvalue weighted by molar-refractivity contribution is -0.134. The van der Waals surface area contributed by atoms with Crippen molar-refractivity contribution in [3.8, 4) is 0 Å². The van der Waals surface area contributed by atoms with E-state index in [9.17, 15) is 9.90 Å². The molecule has 0 fully saturated rings. The van der Waals surface area contributed by atoms with Crippen molar-refractivity contribution in [1.29, 1.82) is 0 Å². The minimum atomic E-state index is -0.278. The zero-order chi connectivity index (χ0) is 21.9. The van der Waals surface area contributed by atoms with Gasteiger partial charge in [0.15, 0.2) is 0 Å². The van der Waals surface area contributed by atoms with Gasteiger partial charge < -0.3 is 15.3 Å². The Bertz CT molecular complexity index is 442. The molecule has 2 atom stereocenters. The molecule has 0 spiro atoms. The molecule has 0 aliphatic carbocycles.